The van der Waals surface area contributed by atoms with Crippen LogP contribution in [0, 0.1) is 0 Å². The first kappa shape index (κ1) is 15.1. The molecule has 2 amide bonds. The number of nitrogens with two attached hydrogens (primary N) is 2. The molecular formula is C10H17N3O4. The van der Waals surface area contributed by atoms with Crippen molar-refractivity contribution in [2.45, 2.75) is 6.92 Å². The van der Waals surface area contributed by atoms with Crippen molar-refractivity contribution < 1.29 is 19.1 Å². The first-order valence-corrected chi connectivity index (χ1v) is 4.90. The summed E-state index contributed by atoms with van der Waals surface area (Å²) >= 11 is 0. The molecule has 0 spiro atoms. The Kier molecular flexibility index (Phi) is 6.57. The summed E-state index contributed by atoms with van der Waals surface area (Å²) in [6.07, 6.45) is 1.54. The zero-order chi connectivity index (χ0) is 13.4. The third-order valence-electron chi connectivity index (χ3n) is 1.92. The highest BCUT2D eigenvalue weighted by atomic mass is 16.5. The fourth-order valence-corrected chi connectivity index (χ4v) is 1.14. The number of ether oxygens (including phenoxy) is 1. The average Bonchev–Trinajstić information content (AvgIpc) is 2.22. The largest absolute Gasteiger partial charge is 0.466 e. The summed E-state index contributed by atoms with van der Waals surface area (Å²) in [4.78, 5) is 34.0. The minimum absolute atomic E-state index is 0.103. The number of rotatable bonds is 7. The highest BCUT2D eigenvalue weighted by Gasteiger charge is 2.11. The van der Waals surface area contributed by atoms with Crippen molar-refractivity contribution in [3.63, 3.8) is 0 Å². The van der Waals surface area contributed by atoms with Crippen molar-refractivity contribution in [3.8, 4) is 0 Å². The number of carbonyl (C=O) groups excluding carboxylic acids is 3. The summed E-state index contributed by atoms with van der Waals surface area (Å²) in [5.41, 5.74) is 10.4. The molecule has 0 aromatic heterocycles. The molecule has 0 heterocycles. The monoisotopic (exact) mass is 243 g/mol. The van der Waals surface area contributed by atoms with Crippen LogP contribution in [0.3, 0.4) is 0 Å². The molecule has 0 rings (SSSR count). The van der Waals surface area contributed by atoms with E-state index in [0.29, 0.717) is 5.57 Å². The first-order chi connectivity index (χ1) is 7.86. The zero-order valence-electron chi connectivity index (χ0n) is 9.93. The molecule has 0 atom stereocenters. The maximum Gasteiger partial charge on any atom is 0.333 e. The van der Waals surface area contributed by atoms with Gasteiger partial charge < -0.3 is 16.2 Å². The van der Waals surface area contributed by atoms with E-state index in [0.717, 1.165) is 0 Å². The van der Waals surface area contributed by atoms with Crippen LogP contribution >= 0.6 is 0 Å². The Morgan fingerprint density at radius 2 is 1.65 bits per heavy atom. The molecule has 0 aromatic rings. The predicted molar refractivity (Wildman–Crippen MR) is 60.6 cm³/mol. The van der Waals surface area contributed by atoms with E-state index in [-0.39, 0.29) is 19.6 Å². The minimum Gasteiger partial charge on any atom is -0.466 e. The summed E-state index contributed by atoms with van der Waals surface area (Å²) in [6.45, 7) is 1.58. The molecule has 0 aromatic carbocycles. The van der Waals surface area contributed by atoms with Gasteiger partial charge in [-0.15, -0.1) is 0 Å². The third kappa shape index (κ3) is 7.07. The number of hydrogen-bond donors (Lipinski definition) is 2. The number of carbonyl (C=O) groups is 3. The molecule has 17 heavy (non-hydrogen) atoms. The van der Waals surface area contributed by atoms with Crippen LogP contribution in [-0.4, -0.2) is 49.4 Å². The molecule has 7 nitrogen and oxygen atoms in total. The number of amides is 2. The molecule has 0 fully saturated rings. The van der Waals surface area contributed by atoms with Gasteiger partial charge in [0.05, 0.1) is 20.2 Å². The van der Waals surface area contributed by atoms with Crippen LogP contribution < -0.4 is 11.5 Å². The maximum absolute atomic E-state index is 11.1. The summed E-state index contributed by atoms with van der Waals surface area (Å²) in [5.74, 6) is -1.62. The molecule has 96 valence electrons. The van der Waals surface area contributed by atoms with E-state index >= 15 is 0 Å². The van der Waals surface area contributed by atoms with Gasteiger partial charge in [-0.05, 0) is 6.92 Å². The van der Waals surface area contributed by atoms with Crippen molar-refractivity contribution in [3.05, 3.63) is 11.6 Å². The van der Waals surface area contributed by atoms with Crippen LogP contribution in [0.4, 0.5) is 0 Å². The van der Waals surface area contributed by atoms with Gasteiger partial charge in [0.15, 0.2) is 0 Å². The number of esters is 1. The van der Waals surface area contributed by atoms with Crippen LogP contribution in [0.1, 0.15) is 6.92 Å². The minimum atomic E-state index is -0.574. The highest BCUT2D eigenvalue weighted by molar-refractivity contribution is 5.87. The highest BCUT2D eigenvalue weighted by Crippen LogP contribution is 1.97. The standard InChI is InChI=1S/C10H17N3O4/c1-7(10(16)17-2)3-4-13(5-8(11)14)6-9(12)15/h3H,4-6H2,1-2H3,(H2,11,14)(H2,12,15). The van der Waals surface area contributed by atoms with Gasteiger partial charge in [0.2, 0.25) is 11.8 Å². The van der Waals surface area contributed by atoms with Gasteiger partial charge in [-0.2, -0.15) is 0 Å². The summed E-state index contributed by atoms with van der Waals surface area (Å²) < 4.78 is 4.50. The quantitative estimate of drug-likeness (QED) is 0.412. The smallest absolute Gasteiger partial charge is 0.333 e. The molecule has 7 heteroatoms. The van der Waals surface area contributed by atoms with E-state index in [1.165, 1.54) is 18.1 Å². The van der Waals surface area contributed by atoms with Crippen LogP contribution in [0.15, 0.2) is 11.6 Å². The zero-order valence-corrected chi connectivity index (χ0v) is 9.93. The summed E-state index contributed by atoms with van der Waals surface area (Å²) in [6, 6.07) is 0. The molecule has 0 bridgehead atoms. The lowest BCUT2D eigenvalue weighted by atomic mass is 10.2. The SMILES string of the molecule is COC(=O)C(C)=CCN(CC(N)=O)CC(N)=O. The van der Waals surface area contributed by atoms with Crippen LogP contribution in [-0.2, 0) is 19.1 Å². The molecule has 4 N–H and O–H groups in total. The summed E-state index contributed by atoms with van der Waals surface area (Å²) in [5, 5.41) is 0. The van der Waals surface area contributed by atoms with Gasteiger partial charge in [0.1, 0.15) is 0 Å². The van der Waals surface area contributed by atoms with Crippen molar-refractivity contribution in [2.75, 3.05) is 26.7 Å². The second-order valence-corrected chi connectivity index (χ2v) is 3.48. The van der Waals surface area contributed by atoms with Crippen molar-refractivity contribution in [1.82, 2.24) is 4.90 Å². The molecule has 0 unspecified atom stereocenters. The Labute approximate surface area is 99.4 Å². The van der Waals surface area contributed by atoms with E-state index in [1.807, 2.05) is 0 Å². The molecule has 0 radical (unpaired) electrons. The van der Waals surface area contributed by atoms with Crippen LogP contribution in [0.2, 0.25) is 0 Å². The van der Waals surface area contributed by atoms with Gasteiger partial charge in [-0.1, -0.05) is 6.08 Å². The molecular weight excluding hydrogens is 226 g/mol. The van der Waals surface area contributed by atoms with E-state index in [2.05, 4.69) is 4.74 Å². The molecule has 0 aliphatic heterocycles. The predicted octanol–water partition coefficient (Wildman–Crippen LogP) is -1.62. The van der Waals surface area contributed by atoms with E-state index < -0.39 is 17.8 Å². The topological polar surface area (TPSA) is 116 Å². The second-order valence-electron chi connectivity index (χ2n) is 3.48. The van der Waals surface area contributed by atoms with Crippen LogP contribution in [0.25, 0.3) is 0 Å². The second kappa shape index (κ2) is 7.39. The number of nitrogens with zero attached hydrogens (tertiary/aromatic N) is 1. The summed E-state index contributed by atoms with van der Waals surface area (Å²) in [7, 11) is 1.27. The number of hydrogen-bond acceptors (Lipinski definition) is 5. The Morgan fingerprint density at radius 1 is 1.18 bits per heavy atom. The van der Waals surface area contributed by atoms with E-state index in [1.54, 1.807) is 6.92 Å². The van der Waals surface area contributed by atoms with Crippen molar-refractivity contribution in [1.29, 1.82) is 0 Å². The molecule has 0 saturated carbocycles. The lowest BCUT2D eigenvalue weighted by Gasteiger charge is -2.16. The average molecular weight is 243 g/mol. The maximum atomic E-state index is 11.1. The fourth-order valence-electron chi connectivity index (χ4n) is 1.14. The van der Waals surface area contributed by atoms with Gasteiger partial charge in [-0.25, -0.2) is 4.79 Å². The normalized spacial score (nSPS) is 11.4. The lowest BCUT2D eigenvalue weighted by molar-refractivity contribution is -0.136. The Balaban J connectivity index is 4.47. The Morgan fingerprint density at radius 3 is 2.00 bits per heavy atom. The number of primary amides is 2. The van der Waals surface area contributed by atoms with Gasteiger partial charge in [-0.3, -0.25) is 14.5 Å². The van der Waals surface area contributed by atoms with Crippen LogP contribution in [0.5, 0.6) is 0 Å². The Hall–Kier alpha value is -1.89. The van der Waals surface area contributed by atoms with E-state index in [9.17, 15) is 14.4 Å². The third-order valence-corrected chi connectivity index (χ3v) is 1.92. The van der Waals surface area contributed by atoms with Crippen molar-refractivity contribution in [2.24, 2.45) is 11.5 Å². The van der Waals surface area contributed by atoms with Gasteiger partial charge in [0, 0.05) is 12.1 Å². The Bertz CT molecular complexity index is 322. The van der Waals surface area contributed by atoms with Gasteiger partial charge in [0.25, 0.3) is 0 Å². The van der Waals surface area contributed by atoms with E-state index in [4.69, 9.17) is 11.5 Å². The fraction of sp³-hybridized carbons (Fsp3) is 0.500. The lowest BCUT2D eigenvalue weighted by Crippen LogP contribution is -2.39. The molecule has 0 saturated heterocycles. The van der Waals surface area contributed by atoms with Gasteiger partial charge >= 0.3 is 5.97 Å². The number of methoxy groups -OCH3 is 1. The molecule has 0 aliphatic carbocycles. The van der Waals surface area contributed by atoms with Crippen molar-refractivity contribution >= 4 is 17.8 Å². The molecule has 0 aliphatic rings. The first-order valence-electron chi connectivity index (χ1n) is 4.90.